The third kappa shape index (κ3) is 5.66. The molecule has 0 aliphatic rings. The van der Waals surface area contributed by atoms with E-state index < -0.39 is 0 Å². The molecule has 0 amide bonds. The van der Waals surface area contributed by atoms with Crippen LogP contribution in [0.25, 0.3) is 0 Å². The Morgan fingerprint density at radius 2 is 2.14 bits per heavy atom. The van der Waals surface area contributed by atoms with Gasteiger partial charge in [0.25, 0.3) is 0 Å². The van der Waals surface area contributed by atoms with Crippen LogP contribution in [0.3, 0.4) is 0 Å². The van der Waals surface area contributed by atoms with Crippen LogP contribution in [-0.4, -0.2) is 18.2 Å². The Labute approximate surface area is 146 Å². The fourth-order valence-corrected chi connectivity index (χ4v) is 2.30. The fourth-order valence-electron chi connectivity index (χ4n) is 1.66. The van der Waals surface area contributed by atoms with Gasteiger partial charge >= 0.3 is 0 Å². The average molecular weight is 420 g/mol. The molecule has 21 heavy (non-hydrogen) atoms. The zero-order valence-corrected chi connectivity index (χ0v) is 15.6. The summed E-state index contributed by atoms with van der Waals surface area (Å²) in [5.41, 5.74) is 0.975. The molecule has 2 heterocycles. The third-order valence-electron chi connectivity index (χ3n) is 2.83. The third-order valence-corrected chi connectivity index (χ3v) is 3.71. The first-order chi connectivity index (χ1) is 9.69. The number of guanidine groups is 1. The number of nitrogens with one attached hydrogen (secondary N) is 2. The maximum Gasteiger partial charge on any atom is 0.191 e. The number of rotatable bonds is 5. The number of hydrogen-bond acceptors (Lipinski definition) is 4. The summed E-state index contributed by atoms with van der Waals surface area (Å²) < 4.78 is 5.28. The summed E-state index contributed by atoms with van der Waals surface area (Å²) in [5, 5.41) is 12.6. The molecular weight excluding hydrogens is 399 g/mol. The second-order valence-corrected chi connectivity index (χ2v) is 5.76. The van der Waals surface area contributed by atoms with Gasteiger partial charge in [-0.2, -0.15) is 0 Å². The van der Waals surface area contributed by atoms with Gasteiger partial charge in [-0.3, -0.25) is 4.99 Å². The molecule has 0 spiro atoms. The Morgan fingerprint density at radius 3 is 2.71 bits per heavy atom. The van der Waals surface area contributed by atoms with Gasteiger partial charge in [-0.05, 0) is 17.4 Å². The molecule has 5 nitrogen and oxygen atoms in total. The quantitative estimate of drug-likeness (QED) is 0.443. The van der Waals surface area contributed by atoms with E-state index in [-0.39, 0.29) is 24.0 Å². The molecule has 0 radical (unpaired) electrons. The van der Waals surface area contributed by atoms with Crippen LogP contribution >= 0.6 is 35.3 Å². The molecule has 7 heteroatoms. The van der Waals surface area contributed by atoms with Crippen molar-refractivity contribution >= 4 is 41.3 Å². The van der Waals surface area contributed by atoms with E-state index in [1.165, 1.54) is 4.88 Å². The minimum absolute atomic E-state index is 0. The minimum Gasteiger partial charge on any atom is -0.359 e. The van der Waals surface area contributed by atoms with Crippen molar-refractivity contribution in [3.63, 3.8) is 0 Å². The Balaban J connectivity index is 0.00000220. The van der Waals surface area contributed by atoms with Gasteiger partial charge in [0.05, 0.1) is 18.8 Å². The number of thiophene rings is 1. The van der Waals surface area contributed by atoms with E-state index in [2.05, 4.69) is 46.1 Å². The fraction of sp³-hybridized carbons (Fsp3) is 0.429. The summed E-state index contributed by atoms with van der Waals surface area (Å²) in [6.45, 7) is 5.53. The van der Waals surface area contributed by atoms with Crippen molar-refractivity contribution in [2.75, 3.05) is 7.05 Å². The Morgan fingerprint density at radius 1 is 1.38 bits per heavy atom. The van der Waals surface area contributed by atoms with Gasteiger partial charge in [0, 0.05) is 18.0 Å². The van der Waals surface area contributed by atoms with Crippen molar-refractivity contribution in [3.8, 4) is 0 Å². The normalized spacial score (nSPS) is 11.3. The second kappa shape index (κ2) is 9.04. The van der Waals surface area contributed by atoms with Crippen LogP contribution < -0.4 is 10.6 Å². The van der Waals surface area contributed by atoms with E-state index >= 15 is 0 Å². The van der Waals surface area contributed by atoms with Crippen molar-refractivity contribution in [2.45, 2.75) is 32.9 Å². The lowest BCUT2D eigenvalue weighted by atomic mass is 10.1. The lowest BCUT2D eigenvalue weighted by molar-refractivity contribution is 0.372. The molecule has 0 aliphatic heterocycles. The molecule has 2 rings (SSSR count). The van der Waals surface area contributed by atoms with Crippen molar-refractivity contribution in [2.24, 2.45) is 4.99 Å². The highest BCUT2D eigenvalue weighted by Gasteiger charge is 2.08. The molecular formula is C14H21IN4OS. The van der Waals surface area contributed by atoms with Gasteiger partial charge in [0.1, 0.15) is 0 Å². The van der Waals surface area contributed by atoms with E-state index in [1.54, 1.807) is 18.4 Å². The van der Waals surface area contributed by atoms with Crippen molar-refractivity contribution in [1.29, 1.82) is 0 Å². The maximum absolute atomic E-state index is 5.28. The highest BCUT2D eigenvalue weighted by atomic mass is 127. The topological polar surface area (TPSA) is 62.5 Å². The first kappa shape index (κ1) is 18.0. The summed E-state index contributed by atoms with van der Waals surface area (Å²) in [6, 6.07) is 6.11. The largest absolute Gasteiger partial charge is 0.359 e. The highest BCUT2D eigenvalue weighted by Crippen LogP contribution is 2.13. The lowest BCUT2D eigenvalue weighted by Crippen LogP contribution is -2.36. The van der Waals surface area contributed by atoms with Crippen LogP contribution in [0.2, 0.25) is 0 Å². The monoisotopic (exact) mass is 420 g/mol. The Kier molecular flexibility index (Phi) is 7.73. The SMILES string of the molecule is CN=C(NCc1cc(C(C)C)no1)NCc1cccs1.I. The molecule has 116 valence electrons. The van der Waals surface area contributed by atoms with Gasteiger partial charge in [0.15, 0.2) is 11.7 Å². The summed E-state index contributed by atoms with van der Waals surface area (Å²) in [6.07, 6.45) is 0. The number of aliphatic imine (C=N–C) groups is 1. The van der Waals surface area contributed by atoms with Crippen molar-refractivity contribution < 1.29 is 4.52 Å². The van der Waals surface area contributed by atoms with Crippen LogP contribution in [0.1, 0.15) is 36.1 Å². The Hall–Kier alpha value is -1.09. The first-order valence-electron chi connectivity index (χ1n) is 6.61. The summed E-state index contributed by atoms with van der Waals surface area (Å²) in [4.78, 5) is 5.45. The molecule has 0 bridgehead atoms. The molecule has 0 unspecified atom stereocenters. The molecule has 2 N–H and O–H groups in total. The summed E-state index contributed by atoms with van der Waals surface area (Å²) in [7, 11) is 1.75. The summed E-state index contributed by atoms with van der Waals surface area (Å²) >= 11 is 1.72. The summed E-state index contributed by atoms with van der Waals surface area (Å²) in [5.74, 6) is 1.94. The molecule has 0 atom stereocenters. The molecule has 0 saturated heterocycles. The predicted octanol–water partition coefficient (Wildman–Crippen LogP) is 3.34. The van der Waals surface area contributed by atoms with Gasteiger partial charge in [0.2, 0.25) is 0 Å². The number of aromatic nitrogens is 1. The van der Waals surface area contributed by atoms with Gasteiger partial charge in [-0.1, -0.05) is 25.1 Å². The van der Waals surface area contributed by atoms with Crippen LogP contribution in [-0.2, 0) is 13.1 Å². The number of nitrogens with zero attached hydrogens (tertiary/aromatic N) is 2. The zero-order valence-electron chi connectivity index (χ0n) is 12.4. The number of halogens is 1. The molecule has 0 fully saturated rings. The highest BCUT2D eigenvalue weighted by molar-refractivity contribution is 14.0. The molecule has 2 aromatic heterocycles. The number of hydrogen-bond donors (Lipinski definition) is 2. The molecule has 0 saturated carbocycles. The first-order valence-corrected chi connectivity index (χ1v) is 7.49. The molecule has 2 aromatic rings. The van der Waals surface area contributed by atoms with Crippen LogP contribution in [0.15, 0.2) is 33.1 Å². The van der Waals surface area contributed by atoms with Crippen molar-refractivity contribution in [3.05, 3.63) is 39.9 Å². The molecule has 0 aliphatic carbocycles. The standard InChI is InChI=1S/C14H20N4OS.HI/c1-10(2)13-7-11(19-18-13)8-16-14(15-3)17-9-12-5-4-6-20-12;/h4-7,10H,8-9H2,1-3H3,(H2,15,16,17);1H. The minimum atomic E-state index is 0. The van der Waals surface area contributed by atoms with E-state index in [0.29, 0.717) is 12.5 Å². The van der Waals surface area contributed by atoms with Crippen LogP contribution in [0.4, 0.5) is 0 Å². The van der Waals surface area contributed by atoms with E-state index in [1.807, 2.05) is 12.1 Å². The average Bonchev–Trinajstić information content (AvgIpc) is 3.10. The predicted molar refractivity (Wildman–Crippen MR) is 97.4 cm³/mol. The lowest BCUT2D eigenvalue weighted by Gasteiger charge is -2.09. The zero-order chi connectivity index (χ0) is 14.4. The van der Waals surface area contributed by atoms with E-state index in [9.17, 15) is 0 Å². The van der Waals surface area contributed by atoms with Crippen molar-refractivity contribution in [1.82, 2.24) is 15.8 Å². The Bertz CT molecular complexity index is 551. The van der Waals surface area contributed by atoms with Gasteiger partial charge < -0.3 is 15.2 Å². The van der Waals surface area contributed by atoms with Gasteiger partial charge in [-0.25, -0.2) is 0 Å². The maximum atomic E-state index is 5.28. The van der Waals surface area contributed by atoms with E-state index in [0.717, 1.165) is 24.0 Å². The second-order valence-electron chi connectivity index (χ2n) is 4.73. The smallest absolute Gasteiger partial charge is 0.191 e. The van der Waals surface area contributed by atoms with E-state index in [4.69, 9.17) is 4.52 Å². The van der Waals surface area contributed by atoms with Crippen LogP contribution in [0.5, 0.6) is 0 Å². The van der Waals surface area contributed by atoms with Gasteiger partial charge in [-0.15, -0.1) is 35.3 Å². The van der Waals surface area contributed by atoms with Crippen LogP contribution in [0, 0.1) is 0 Å². The molecule has 0 aromatic carbocycles.